The second-order valence-electron chi connectivity index (χ2n) is 9.19. The minimum atomic E-state index is -0.978. The molecular formula is C26H30O4. The van der Waals surface area contributed by atoms with Gasteiger partial charge in [-0.25, -0.2) is 4.79 Å². The first-order chi connectivity index (χ1) is 13.9. The summed E-state index contributed by atoms with van der Waals surface area (Å²) in [7, 11) is 0. The fourth-order valence-corrected chi connectivity index (χ4v) is 4.10. The van der Waals surface area contributed by atoms with Crippen molar-refractivity contribution < 1.29 is 19.7 Å². The van der Waals surface area contributed by atoms with E-state index in [1.807, 2.05) is 6.92 Å². The minimum absolute atomic E-state index is 0.141. The second kappa shape index (κ2) is 7.44. The molecule has 0 atom stereocenters. The molecule has 0 spiro atoms. The molecule has 30 heavy (non-hydrogen) atoms. The van der Waals surface area contributed by atoms with Gasteiger partial charge >= 0.3 is 5.97 Å². The van der Waals surface area contributed by atoms with Gasteiger partial charge in [-0.05, 0) is 79.3 Å². The Morgan fingerprint density at radius 3 is 2.43 bits per heavy atom. The van der Waals surface area contributed by atoms with Crippen molar-refractivity contribution in [2.75, 3.05) is 6.61 Å². The summed E-state index contributed by atoms with van der Waals surface area (Å²) < 4.78 is 6.13. The summed E-state index contributed by atoms with van der Waals surface area (Å²) in [4.78, 5) is 11.3. The molecule has 2 aromatic carbocycles. The molecule has 0 unspecified atom stereocenters. The number of hydrogen-bond donors (Lipinski definition) is 2. The molecule has 0 saturated heterocycles. The normalized spacial score (nSPS) is 17.3. The zero-order chi connectivity index (χ0) is 22.4. The SMILES string of the molecule is C=Cc1c(/C=C(\C)C(=O)O)ccc(O)c1-c1cc2c(cc1C)C(C)(C)OCC2(C)C. The van der Waals surface area contributed by atoms with Crippen molar-refractivity contribution >= 4 is 18.1 Å². The fourth-order valence-electron chi connectivity index (χ4n) is 4.10. The molecule has 1 aliphatic heterocycles. The van der Waals surface area contributed by atoms with Gasteiger partial charge in [0.2, 0.25) is 0 Å². The Bertz CT molecular complexity index is 1070. The lowest BCUT2D eigenvalue weighted by Crippen LogP contribution is -2.40. The molecule has 4 nitrogen and oxygen atoms in total. The summed E-state index contributed by atoms with van der Waals surface area (Å²) in [6.45, 7) is 16.6. The number of carbonyl (C=O) groups is 1. The molecule has 2 N–H and O–H groups in total. The number of ether oxygens (including phenoxy) is 1. The van der Waals surface area contributed by atoms with Crippen LogP contribution < -0.4 is 0 Å². The third-order valence-corrected chi connectivity index (χ3v) is 5.98. The van der Waals surface area contributed by atoms with Crippen LogP contribution in [0.1, 0.15) is 62.4 Å². The number of hydrogen-bond acceptors (Lipinski definition) is 3. The van der Waals surface area contributed by atoms with Crippen LogP contribution in [0.2, 0.25) is 0 Å². The first-order valence-corrected chi connectivity index (χ1v) is 10.1. The van der Waals surface area contributed by atoms with Crippen LogP contribution in [0.15, 0.2) is 36.4 Å². The van der Waals surface area contributed by atoms with E-state index in [-0.39, 0.29) is 22.3 Å². The number of fused-ring (bicyclic) bond motifs is 1. The van der Waals surface area contributed by atoms with Crippen LogP contribution in [0.25, 0.3) is 23.3 Å². The van der Waals surface area contributed by atoms with Crippen LogP contribution in [-0.4, -0.2) is 22.8 Å². The molecule has 0 aliphatic carbocycles. The maximum absolute atomic E-state index is 11.3. The van der Waals surface area contributed by atoms with E-state index in [1.54, 1.807) is 31.2 Å². The standard InChI is InChI=1S/C26H30O4/c1-8-18-17(11-16(3)24(28)29)9-10-22(27)23(18)19-13-20-21(12-15(19)2)26(6,7)30-14-25(20,4)5/h8-13,27H,1,14H2,2-7H3,(H,28,29)/b16-11+. The Labute approximate surface area is 178 Å². The molecular weight excluding hydrogens is 376 g/mol. The highest BCUT2D eigenvalue weighted by Gasteiger charge is 2.38. The highest BCUT2D eigenvalue weighted by atomic mass is 16.5. The van der Waals surface area contributed by atoms with Gasteiger partial charge in [-0.15, -0.1) is 0 Å². The van der Waals surface area contributed by atoms with Crippen molar-refractivity contribution in [1.82, 2.24) is 0 Å². The average molecular weight is 407 g/mol. The molecule has 158 valence electrons. The fraction of sp³-hybridized carbons (Fsp3) is 0.346. The smallest absolute Gasteiger partial charge is 0.331 e. The van der Waals surface area contributed by atoms with Gasteiger partial charge < -0.3 is 14.9 Å². The molecule has 3 rings (SSSR count). The van der Waals surface area contributed by atoms with Crippen molar-refractivity contribution in [3.63, 3.8) is 0 Å². The molecule has 0 radical (unpaired) electrons. The number of aromatic hydroxyl groups is 1. The van der Waals surface area contributed by atoms with E-state index in [1.165, 1.54) is 5.56 Å². The zero-order valence-electron chi connectivity index (χ0n) is 18.6. The van der Waals surface area contributed by atoms with E-state index in [0.29, 0.717) is 23.3 Å². The van der Waals surface area contributed by atoms with Gasteiger partial charge in [-0.2, -0.15) is 0 Å². The summed E-state index contributed by atoms with van der Waals surface area (Å²) >= 11 is 0. The summed E-state index contributed by atoms with van der Waals surface area (Å²) in [5.41, 5.74) is 6.01. The number of rotatable bonds is 4. The molecule has 0 fully saturated rings. The van der Waals surface area contributed by atoms with E-state index in [9.17, 15) is 15.0 Å². The molecule has 1 heterocycles. The minimum Gasteiger partial charge on any atom is -0.507 e. The molecule has 0 aromatic heterocycles. The van der Waals surface area contributed by atoms with Crippen molar-refractivity contribution in [3.05, 3.63) is 64.2 Å². The molecule has 2 aromatic rings. The highest BCUT2D eigenvalue weighted by molar-refractivity contribution is 5.94. The molecule has 0 amide bonds. The molecule has 1 aliphatic rings. The van der Waals surface area contributed by atoms with Crippen LogP contribution in [-0.2, 0) is 20.5 Å². The van der Waals surface area contributed by atoms with Gasteiger partial charge in [0.15, 0.2) is 0 Å². The van der Waals surface area contributed by atoms with Crippen molar-refractivity contribution in [3.8, 4) is 16.9 Å². The monoisotopic (exact) mass is 406 g/mol. The average Bonchev–Trinajstić information content (AvgIpc) is 2.66. The Morgan fingerprint density at radius 2 is 1.83 bits per heavy atom. The summed E-state index contributed by atoms with van der Waals surface area (Å²) in [5, 5.41) is 20.1. The van der Waals surface area contributed by atoms with Crippen LogP contribution in [0.4, 0.5) is 0 Å². The number of benzene rings is 2. The lowest BCUT2D eigenvalue weighted by atomic mass is 9.73. The lowest BCUT2D eigenvalue weighted by molar-refractivity contribution is -0.132. The Morgan fingerprint density at radius 1 is 1.17 bits per heavy atom. The highest BCUT2D eigenvalue weighted by Crippen LogP contribution is 2.46. The first kappa shape index (κ1) is 21.8. The molecule has 0 saturated carbocycles. The van der Waals surface area contributed by atoms with E-state index in [2.05, 4.69) is 46.4 Å². The van der Waals surface area contributed by atoms with Crippen molar-refractivity contribution in [2.45, 2.75) is 52.6 Å². The van der Waals surface area contributed by atoms with Gasteiger partial charge in [0.25, 0.3) is 0 Å². The third-order valence-electron chi connectivity index (χ3n) is 5.98. The topological polar surface area (TPSA) is 66.8 Å². The predicted octanol–water partition coefficient (Wildman–Crippen LogP) is 6.04. The van der Waals surface area contributed by atoms with E-state index in [0.717, 1.165) is 16.7 Å². The molecule has 0 bridgehead atoms. The zero-order valence-corrected chi connectivity index (χ0v) is 18.6. The van der Waals surface area contributed by atoms with Gasteiger partial charge in [0.1, 0.15) is 5.75 Å². The van der Waals surface area contributed by atoms with Gasteiger partial charge in [0, 0.05) is 16.6 Å². The second-order valence-corrected chi connectivity index (χ2v) is 9.19. The van der Waals surface area contributed by atoms with Gasteiger partial charge in [-0.3, -0.25) is 0 Å². The molecule has 4 heteroatoms. The summed E-state index contributed by atoms with van der Waals surface area (Å²) in [6.07, 6.45) is 3.28. The predicted molar refractivity (Wildman–Crippen MR) is 122 cm³/mol. The van der Waals surface area contributed by atoms with Gasteiger partial charge in [0.05, 0.1) is 12.2 Å². The number of phenols is 1. The van der Waals surface area contributed by atoms with Crippen LogP contribution in [0, 0.1) is 6.92 Å². The lowest BCUT2D eigenvalue weighted by Gasteiger charge is -2.42. The Kier molecular flexibility index (Phi) is 5.42. The number of carboxylic acids is 1. The maximum Gasteiger partial charge on any atom is 0.331 e. The van der Waals surface area contributed by atoms with Crippen molar-refractivity contribution in [2.24, 2.45) is 0 Å². The van der Waals surface area contributed by atoms with Gasteiger partial charge in [-0.1, -0.05) is 38.6 Å². The van der Waals surface area contributed by atoms with E-state index >= 15 is 0 Å². The number of aliphatic carboxylic acids is 1. The van der Waals surface area contributed by atoms with Crippen LogP contribution in [0.5, 0.6) is 5.75 Å². The summed E-state index contributed by atoms with van der Waals surface area (Å²) in [5.74, 6) is -0.837. The van der Waals surface area contributed by atoms with Crippen LogP contribution in [0.3, 0.4) is 0 Å². The largest absolute Gasteiger partial charge is 0.507 e. The van der Waals surface area contributed by atoms with E-state index < -0.39 is 5.97 Å². The number of phenolic OH excluding ortho intramolecular Hbond substituents is 1. The maximum atomic E-state index is 11.3. The van der Waals surface area contributed by atoms with E-state index in [4.69, 9.17) is 4.74 Å². The van der Waals surface area contributed by atoms with Crippen molar-refractivity contribution in [1.29, 1.82) is 0 Å². The number of aryl methyl sites for hydroxylation is 1. The Balaban J connectivity index is 2.33. The quantitative estimate of drug-likeness (QED) is 0.607. The Hall–Kier alpha value is -2.85. The third kappa shape index (κ3) is 3.68. The summed E-state index contributed by atoms with van der Waals surface area (Å²) in [6, 6.07) is 7.62. The number of carboxylic acid groups (broad SMARTS) is 1. The van der Waals surface area contributed by atoms with Crippen LogP contribution >= 0.6 is 0 Å². The first-order valence-electron chi connectivity index (χ1n) is 10.1.